The second-order valence-electron chi connectivity index (χ2n) is 7.54. The van der Waals surface area contributed by atoms with Crippen molar-refractivity contribution < 1.29 is 14.4 Å². The summed E-state index contributed by atoms with van der Waals surface area (Å²) in [5.74, 6) is 1.15. The summed E-state index contributed by atoms with van der Waals surface area (Å²) in [4.78, 5) is 15.1. The number of nitrogens with zero attached hydrogens (tertiary/aromatic N) is 4. The molecular weight excluding hydrogens is 396 g/mol. The molecule has 2 aliphatic rings. The molecule has 9 nitrogen and oxygen atoms in total. The largest absolute Gasteiger partial charge is 0.480 e. The Morgan fingerprint density at radius 1 is 1.31 bits per heavy atom. The first-order valence-corrected chi connectivity index (χ1v) is 9.79. The molecule has 2 aliphatic heterocycles. The molecule has 2 unspecified atom stereocenters. The van der Waals surface area contributed by atoms with Gasteiger partial charge in [-0.2, -0.15) is 5.10 Å². The van der Waals surface area contributed by atoms with Crippen molar-refractivity contribution in [2.24, 2.45) is 22.7 Å². The van der Waals surface area contributed by atoms with Gasteiger partial charge in [0, 0.05) is 54.8 Å². The smallest absolute Gasteiger partial charge is 0.324 e. The van der Waals surface area contributed by atoms with E-state index in [1.54, 1.807) is 6.07 Å². The highest BCUT2D eigenvalue weighted by atomic mass is 35.5. The molecule has 2 atom stereocenters. The number of nitrogens with one attached hydrogen (secondary N) is 1. The number of aromatic nitrogens is 1. The predicted molar refractivity (Wildman–Crippen MR) is 110 cm³/mol. The SMILES string of the molecule is Cc1ccc(Cl)cc1N1CC2CN(c3cc(/C(N)=N/NCC(=O)O)on3)CC2C1. The highest BCUT2D eigenvalue weighted by Crippen LogP contribution is 2.37. The molecule has 4 rings (SSSR count). The number of hydrazone groups is 1. The molecule has 29 heavy (non-hydrogen) atoms. The van der Waals surface area contributed by atoms with E-state index in [2.05, 4.69) is 38.5 Å². The molecule has 0 bridgehead atoms. The van der Waals surface area contributed by atoms with Crippen molar-refractivity contribution in [2.45, 2.75) is 6.92 Å². The summed E-state index contributed by atoms with van der Waals surface area (Å²) in [5.41, 5.74) is 10.6. The quantitative estimate of drug-likeness (QED) is 0.366. The molecule has 0 spiro atoms. The summed E-state index contributed by atoms with van der Waals surface area (Å²) in [6.45, 7) is 5.54. The van der Waals surface area contributed by atoms with Gasteiger partial charge < -0.3 is 25.2 Å². The van der Waals surface area contributed by atoms with E-state index < -0.39 is 5.97 Å². The van der Waals surface area contributed by atoms with Crippen molar-refractivity contribution in [3.8, 4) is 0 Å². The monoisotopic (exact) mass is 418 g/mol. The van der Waals surface area contributed by atoms with Crippen LogP contribution in [0.4, 0.5) is 11.5 Å². The van der Waals surface area contributed by atoms with E-state index in [0.717, 1.165) is 37.0 Å². The third kappa shape index (κ3) is 4.09. The first-order valence-electron chi connectivity index (χ1n) is 9.41. The lowest BCUT2D eigenvalue weighted by Gasteiger charge is -2.24. The Morgan fingerprint density at radius 3 is 2.69 bits per heavy atom. The molecule has 1 aromatic heterocycles. The molecule has 2 aromatic rings. The molecule has 10 heteroatoms. The van der Waals surface area contributed by atoms with Crippen LogP contribution in [0.2, 0.25) is 5.02 Å². The Kier molecular flexibility index (Phi) is 5.23. The number of hydrogen-bond acceptors (Lipinski definition) is 7. The Morgan fingerprint density at radius 2 is 2.00 bits per heavy atom. The normalized spacial score (nSPS) is 21.5. The fourth-order valence-corrected chi connectivity index (χ4v) is 4.25. The molecule has 2 fully saturated rings. The van der Waals surface area contributed by atoms with E-state index in [-0.39, 0.29) is 12.4 Å². The van der Waals surface area contributed by atoms with Crippen LogP contribution in [0.25, 0.3) is 0 Å². The third-order valence-corrected chi connectivity index (χ3v) is 5.74. The molecule has 0 radical (unpaired) electrons. The van der Waals surface area contributed by atoms with Crippen LogP contribution in [0.5, 0.6) is 0 Å². The number of aliphatic carboxylic acids is 1. The Bertz CT molecular complexity index is 932. The molecular formula is C19H23ClN6O3. The predicted octanol–water partition coefficient (Wildman–Crippen LogP) is 1.50. The standard InChI is InChI=1S/C19H23ClN6O3/c1-11-2-3-14(20)4-15(11)25-7-12-9-26(10-13(12)8-25)17-5-16(29-24-17)19(21)23-22-6-18(27)28/h2-5,12-13,22H,6-10H2,1H3,(H2,21,23)(H,27,28). The average molecular weight is 419 g/mol. The Labute approximate surface area is 173 Å². The van der Waals surface area contributed by atoms with Gasteiger partial charge in [0.05, 0.1) is 0 Å². The van der Waals surface area contributed by atoms with Gasteiger partial charge in [0.2, 0.25) is 5.76 Å². The summed E-state index contributed by atoms with van der Waals surface area (Å²) in [5, 5.41) is 17.3. The topological polar surface area (TPSA) is 120 Å². The van der Waals surface area contributed by atoms with Crippen LogP contribution in [0.1, 0.15) is 11.3 Å². The van der Waals surface area contributed by atoms with Crippen LogP contribution < -0.4 is 21.0 Å². The summed E-state index contributed by atoms with van der Waals surface area (Å²) >= 11 is 6.19. The average Bonchev–Trinajstić information content (AvgIpc) is 3.37. The molecule has 2 saturated heterocycles. The number of benzene rings is 1. The lowest BCUT2D eigenvalue weighted by atomic mass is 10.0. The van der Waals surface area contributed by atoms with Crippen LogP contribution in [0.15, 0.2) is 33.9 Å². The zero-order valence-corrected chi connectivity index (χ0v) is 16.8. The summed E-state index contributed by atoms with van der Waals surface area (Å²) in [6.07, 6.45) is 0. The van der Waals surface area contributed by atoms with E-state index in [0.29, 0.717) is 17.6 Å². The van der Waals surface area contributed by atoms with E-state index >= 15 is 0 Å². The van der Waals surface area contributed by atoms with Crippen molar-refractivity contribution in [3.05, 3.63) is 40.6 Å². The molecule has 0 amide bonds. The minimum absolute atomic E-state index is 0.0620. The van der Waals surface area contributed by atoms with Crippen molar-refractivity contribution >= 4 is 34.9 Å². The van der Waals surface area contributed by atoms with Crippen LogP contribution in [0.3, 0.4) is 0 Å². The third-order valence-electron chi connectivity index (χ3n) is 5.50. The lowest BCUT2D eigenvalue weighted by Crippen LogP contribution is -2.29. The maximum atomic E-state index is 10.5. The van der Waals surface area contributed by atoms with E-state index in [1.165, 1.54) is 11.3 Å². The van der Waals surface area contributed by atoms with Gasteiger partial charge in [0.15, 0.2) is 11.7 Å². The van der Waals surface area contributed by atoms with Crippen molar-refractivity contribution in [3.63, 3.8) is 0 Å². The second-order valence-corrected chi connectivity index (χ2v) is 7.97. The van der Waals surface area contributed by atoms with Gasteiger partial charge in [-0.05, 0) is 24.6 Å². The van der Waals surface area contributed by atoms with E-state index in [9.17, 15) is 4.79 Å². The number of hydrogen-bond donors (Lipinski definition) is 3. The minimum Gasteiger partial charge on any atom is -0.480 e. The molecule has 154 valence electrons. The maximum Gasteiger partial charge on any atom is 0.324 e. The van der Waals surface area contributed by atoms with Gasteiger partial charge in [0.1, 0.15) is 6.54 Å². The Balaban J connectivity index is 1.38. The molecule has 3 heterocycles. The fraction of sp³-hybridized carbons (Fsp3) is 0.421. The highest BCUT2D eigenvalue weighted by Gasteiger charge is 2.41. The number of fused-ring (bicyclic) bond motifs is 1. The maximum absolute atomic E-state index is 10.5. The number of amidine groups is 1. The highest BCUT2D eigenvalue weighted by molar-refractivity contribution is 6.30. The number of nitrogens with two attached hydrogens (primary N) is 1. The zero-order valence-electron chi connectivity index (χ0n) is 16.0. The van der Waals surface area contributed by atoms with Crippen molar-refractivity contribution in [2.75, 3.05) is 42.5 Å². The van der Waals surface area contributed by atoms with Gasteiger partial charge in [-0.25, -0.2) is 0 Å². The zero-order chi connectivity index (χ0) is 20.5. The number of halogens is 1. The number of carboxylic acids is 1. The van der Waals surface area contributed by atoms with Crippen LogP contribution in [0, 0.1) is 18.8 Å². The Hall–Kier alpha value is -2.94. The number of carbonyl (C=O) groups is 1. The van der Waals surface area contributed by atoms with Crippen molar-refractivity contribution in [1.82, 2.24) is 10.6 Å². The van der Waals surface area contributed by atoms with E-state index in [1.807, 2.05) is 12.1 Å². The van der Waals surface area contributed by atoms with Gasteiger partial charge >= 0.3 is 5.97 Å². The fourth-order valence-electron chi connectivity index (χ4n) is 4.08. The number of aryl methyl sites for hydroxylation is 1. The number of anilines is 2. The molecule has 0 aliphatic carbocycles. The number of rotatable bonds is 6. The van der Waals surface area contributed by atoms with Gasteiger partial charge in [-0.3, -0.25) is 10.2 Å². The first-order chi connectivity index (χ1) is 13.9. The summed E-state index contributed by atoms with van der Waals surface area (Å²) in [7, 11) is 0. The second kappa shape index (κ2) is 7.82. The van der Waals surface area contributed by atoms with Crippen molar-refractivity contribution in [1.29, 1.82) is 0 Å². The van der Waals surface area contributed by atoms with Gasteiger partial charge in [0.25, 0.3) is 0 Å². The van der Waals surface area contributed by atoms with E-state index in [4.69, 9.17) is 27.0 Å². The minimum atomic E-state index is -1.02. The molecule has 4 N–H and O–H groups in total. The summed E-state index contributed by atoms with van der Waals surface area (Å²) in [6, 6.07) is 7.76. The van der Waals surface area contributed by atoms with Gasteiger partial charge in [-0.15, -0.1) is 0 Å². The lowest BCUT2D eigenvalue weighted by molar-refractivity contribution is -0.135. The van der Waals surface area contributed by atoms with Gasteiger partial charge in [-0.1, -0.05) is 22.8 Å². The summed E-state index contributed by atoms with van der Waals surface area (Å²) < 4.78 is 5.28. The molecule has 0 saturated carbocycles. The van der Waals surface area contributed by atoms with Crippen LogP contribution in [-0.2, 0) is 4.79 Å². The first kappa shape index (κ1) is 19.4. The van der Waals surface area contributed by atoms with Crippen LogP contribution in [-0.4, -0.2) is 54.8 Å². The van der Waals surface area contributed by atoms with Crippen LogP contribution >= 0.6 is 11.6 Å². The molecule has 1 aromatic carbocycles. The number of carboxylic acid groups (broad SMARTS) is 1.